The molecule has 0 fully saturated rings. The normalized spacial score (nSPS) is 15.6. The molecule has 7 heteroatoms. The molecule has 3 rings (SSSR count). The fourth-order valence-electron chi connectivity index (χ4n) is 2.40. The Labute approximate surface area is 153 Å². The maximum Gasteiger partial charge on any atom is 0.310 e. The fourth-order valence-corrected chi connectivity index (χ4v) is 2.99. The molecule has 6 nitrogen and oxygen atoms in total. The molecule has 0 saturated heterocycles. The standard InChI is InChI=1S/C18H16BrNO5/c1-23-14-7-6-11(8-12(14)19)10-24-17(21)9-16-18(22)20-13-4-2-3-5-15(13)25-16/h2-8,16H,9-10H2,1H3,(H,20,22)/t16-/m0/s1. The number of fused-ring (bicyclic) bond motifs is 1. The average molecular weight is 406 g/mol. The molecule has 1 heterocycles. The Bertz CT molecular complexity index is 808. The van der Waals surface area contributed by atoms with Crippen molar-refractivity contribution in [2.75, 3.05) is 12.4 Å². The molecule has 2 aromatic rings. The summed E-state index contributed by atoms with van der Waals surface area (Å²) in [6.45, 7) is 0.104. The van der Waals surface area contributed by atoms with Crippen molar-refractivity contribution in [2.24, 2.45) is 0 Å². The van der Waals surface area contributed by atoms with E-state index < -0.39 is 12.1 Å². The monoisotopic (exact) mass is 405 g/mol. The Hall–Kier alpha value is -2.54. The number of rotatable bonds is 5. The topological polar surface area (TPSA) is 73.9 Å². The van der Waals surface area contributed by atoms with Crippen LogP contribution >= 0.6 is 15.9 Å². The minimum Gasteiger partial charge on any atom is -0.496 e. The lowest BCUT2D eigenvalue weighted by Crippen LogP contribution is -2.38. The SMILES string of the molecule is COc1ccc(COC(=O)C[C@@H]2Oc3ccccc3NC2=O)cc1Br. The summed E-state index contributed by atoms with van der Waals surface area (Å²) in [6, 6.07) is 12.5. The van der Waals surface area contributed by atoms with Crippen LogP contribution in [0.2, 0.25) is 0 Å². The van der Waals surface area contributed by atoms with Crippen LogP contribution in [0.4, 0.5) is 5.69 Å². The summed E-state index contributed by atoms with van der Waals surface area (Å²) in [5.74, 6) is 0.370. The van der Waals surface area contributed by atoms with E-state index in [4.69, 9.17) is 14.2 Å². The van der Waals surface area contributed by atoms with E-state index in [9.17, 15) is 9.59 Å². The molecule has 1 aliphatic heterocycles. The number of hydrogen-bond donors (Lipinski definition) is 1. The van der Waals surface area contributed by atoms with Gasteiger partial charge >= 0.3 is 5.97 Å². The number of ether oxygens (including phenoxy) is 3. The van der Waals surface area contributed by atoms with Gasteiger partial charge in [-0.3, -0.25) is 9.59 Å². The minimum atomic E-state index is -0.898. The van der Waals surface area contributed by atoms with Gasteiger partial charge in [-0.15, -0.1) is 0 Å². The van der Waals surface area contributed by atoms with Gasteiger partial charge in [0.2, 0.25) is 0 Å². The van der Waals surface area contributed by atoms with Crippen LogP contribution in [-0.2, 0) is 20.9 Å². The van der Waals surface area contributed by atoms with Crippen LogP contribution in [0, 0.1) is 0 Å². The first-order chi connectivity index (χ1) is 12.1. The molecular formula is C18H16BrNO5. The molecule has 1 aliphatic rings. The van der Waals surface area contributed by atoms with E-state index in [0.29, 0.717) is 17.2 Å². The fraction of sp³-hybridized carbons (Fsp3) is 0.222. The van der Waals surface area contributed by atoms with Gasteiger partial charge in [-0.2, -0.15) is 0 Å². The van der Waals surface area contributed by atoms with Crippen LogP contribution in [0.5, 0.6) is 11.5 Å². The van der Waals surface area contributed by atoms with Crippen molar-refractivity contribution in [1.82, 2.24) is 0 Å². The first-order valence-electron chi connectivity index (χ1n) is 7.61. The molecular weight excluding hydrogens is 390 g/mol. The third-order valence-electron chi connectivity index (χ3n) is 3.67. The van der Waals surface area contributed by atoms with Crippen LogP contribution in [0.15, 0.2) is 46.9 Å². The van der Waals surface area contributed by atoms with E-state index in [-0.39, 0.29) is 18.9 Å². The summed E-state index contributed by atoms with van der Waals surface area (Å²) in [6.07, 6.45) is -1.05. The number of nitrogens with one attached hydrogen (secondary N) is 1. The van der Waals surface area contributed by atoms with Crippen molar-refractivity contribution >= 4 is 33.5 Å². The van der Waals surface area contributed by atoms with Gasteiger partial charge < -0.3 is 19.5 Å². The lowest BCUT2D eigenvalue weighted by Gasteiger charge is -2.25. The number of anilines is 1. The van der Waals surface area contributed by atoms with Gasteiger partial charge in [-0.05, 0) is 45.8 Å². The zero-order valence-corrected chi connectivity index (χ0v) is 15.0. The average Bonchev–Trinajstić information content (AvgIpc) is 2.61. The number of amides is 1. The summed E-state index contributed by atoms with van der Waals surface area (Å²) >= 11 is 3.38. The molecule has 2 aromatic carbocycles. The Morgan fingerprint density at radius 1 is 1.28 bits per heavy atom. The number of carbonyl (C=O) groups is 2. The molecule has 0 bridgehead atoms. The van der Waals surface area contributed by atoms with Crippen molar-refractivity contribution in [1.29, 1.82) is 0 Å². The Morgan fingerprint density at radius 3 is 2.84 bits per heavy atom. The number of esters is 1. The van der Waals surface area contributed by atoms with Gasteiger partial charge in [-0.1, -0.05) is 18.2 Å². The predicted octanol–water partition coefficient (Wildman–Crippen LogP) is 3.29. The second-order valence-corrected chi connectivity index (χ2v) is 6.28. The van der Waals surface area contributed by atoms with Crippen molar-refractivity contribution in [3.63, 3.8) is 0 Å². The molecule has 0 aliphatic carbocycles. The Kier molecular flexibility index (Phi) is 5.23. The first kappa shape index (κ1) is 17.3. The summed E-state index contributed by atoms with van der Waals surface area (Å²) in [5, 5.41) is 2.72. The second kappa shape index (κ2) is 7.57. The highest BCUT2D eigenvalue weighted by Gasteiger charge is 2.30. The smallest absolute Gasteiger partial charge is 0.310 e. The molecule has 0 unspecified atom stereocenters. The highest BCUT2D eigenvalue weighted by atomic mass is 79.9. The number of hydrogen-bond acceptors (Lipinski definition) is 5. The van der Waals surface area contributed by atoms with E-state index in [1.54, 1.807) is 43.5 Å². The molecule has 0 saturated carbocycles. The Morgan fingerprint density at radius 2 is 2.08 bits per heavy atom. The predicted molar refractivity (Wildman–Crippen MR) is 94.6 cm³/mol. The van der Waals surface area contributed by atoms with E-state index in [2.05, 4.69) is 21.2 Å². The van der Waals surface area contributed by atoms with Crippen LogP contribution in [0.25, 0.3) is 0 Å². The van der Waals surface area contributed by atoms with Crippen molar-refractivity contribution in [3.05, 3.63) is 52.5 Å². The molecule has 25 heavy (non-hydrogen) atoms. The van der Waals surface area contributed by atoms with Gasteiger partial charge in [0.05, 0.1) is 23.7 Å². The third-order valence-corrected chi connectivity index (χ3v) is 4.29. The highest BCUT2D eigenvalue weighted by molar-refractivity contribution is 9.10. The number of methoxy groups -OCH3 is 1. The maximum absolute atomic E-state index is 12.0. The molecule has 0 aromatic heterocycles. The highest BCUT2D eigenvalue weighted by Crippen LogP contribution is 2.30. The summed E-state index contributed by atoms with van der Waals surface area (Å²) in [4.78, 5) is 24.0. The number of carbonyl (C=O) groups excluding carboxylic acids is 2. The third kappa shape index (κ3) is 4.11. The van der Waals surface area contributed by atoms with Crippen molar-refractivity contribution in [2.45, 2.75) is 19.1 Å². The number of para-hydroxylation sites is 2. The van der Waals surface area contributed by atoms with Gasteiger partial charge in [0, 0.05) is 0 Å². The number of halogens is 1. The molecule has 1 atom stereocenters. The summed E-state index contributed by atoms with van der Waals surface area (Å²) in [5.41, 5.74) is 1.40. The van der Waals surface area contributed by atoms with Crippen LogP contribution in [-0.4, -0.2) is 25.1 Å². The largest absolute Gasteiger partial charge is 0.496 e. The first-order valence-corrected chi connectivity index (χ1v) is 8.40. The number of benzene rings is 2. The van der Waals surface area contributed by atoms with Gasteiger partial charge in [0.1, 0.15) is 18.1 Å². The van der Waals surface area contributed by atoms with E-state index >= 15 is 0 Å². The maximum atomic E-state index is 12.0. The summed E-state index contributed by atoms with van der Waals surface area (Å²) in [7, 11) is 1.58. The Balaban J connectivity index is 1.56. The van der Waals surface area contributed by atoms with Gasteiger partial charge in [0.25, 0.3) is 5.91 Å². The van der Waals surface area contributed by atoms with Crippen molar-refractivity contribution < 1.29 is 23.8 Å². The molecule has 1 N–H and O–H groups in total. The van der Waals surface area contributed by atoms with E-state index in [1.807, 2.05) is 6.07 Å². The quantitative estimate of drug-likeness (QED) is 0.772. The van der Waals surface area contributed by atoms with Gasteiger partial charge in [0.15, 0.2) is 6.10 Å². The minimum absolute atomic E-state index is 0.104. The second-order valence-electron chi connectivity index (χ2n) is 5.43. The van der Waals surface area contributed by atoms with Crippen LogP contribution in [0.3, 0.4) is 0 Å². The zero-order chi connectivity index (χ0) is 17.8. The van der Waals surface area contributed by atoms with Gasteiger partial charge in [-0.25, -0.2) is 0 Å². The van der Waals surface area contributed by atoms with Crippen molar-refractivity contribution in [3.8, 4) is 11.5 Å². The lowest BCUT2D eigenvalue weighted by atomic mass is 10.1. The lowest BCUT2D eigenvalue weighted by molar-refractivity contribution is -0.149. The van der Waals surface area contributed by atoms with E-state index in [1.165, 1.54) is 0 Å². The van der Waals surface area contributed by atoms with Crippen LogP contribution in [0.1, 0.15) is 12.0 Å². The molecule has 0 radical (unpaired) electrons. The van der Waals surface area contributed by atoms with Crippen LogP contribution < -0.4 is 14.8 Å². The zero-order valence-electron chi connectivity index (χ0n) is 13.5. The summed E-state index contributed by atoms with van der Waals surface area (Å²) < 4.78 is 16.7. The van der Waals surface area contributed by atoms with E-state index in [0.717, 1.165) is 10.0 Å². The molecule has 1 amide bonds. The molecule has 0 spiro atoms. The molecule has 130 valence electrons.